The molecule has 0 unspecified atom stereocenters. The van der Waals surface area contributed by atoms with Crippen molar-refractivity contribution < 1.29 is 4.79 Å². The molecule has 0 atom stereocenters. The molecule has 1 aromatic heterocycles. The summed E-state index contributed by atoms with van der Waals surface area (Å²) in [5.41, 5.74) is 2.72. The summed E-state index contributed by atoms with van der Waals surface area (Å²) in [5.74, 6) is -0.0971. The van der Waals surface area contributed by atoms with Gasteiger partial charge in [-0.25, -0.2) is 0 Å². The Labute approximate surface area is 121 Å². The van der Waals surface area contributed by atoms with Crippen LogP contribution in [-0.4, -0.2) is 10.9 Å². The Morgan fingerprint density at radius 1 is 1.26 bits per heavy atom. The van der Waals surface area contributed by atoms with Crippen LogP contribution >= 0.6 is 15.9 Å². The van der Waals surface area contributed by atoms with Gasteiger partial charge in [0.05, 0.1) is 17.8 Å². The maximum atomic E-state index is 12.1. The number of aryl methyl sites for hydroxylation is 1. The zero-order valence-electron chi connectivity index (χ0n) is 10.7. The Bertz CT molecular complexity index is 584. The Kier molecular flexibility index (Phi) is 4.68. The molecule has 0 aliphatic carbocycles. The largest absolute Gasteiger partial charge is 0.346 e. The van der Waals surface area contributed by atoms with Crippen LogP contribution in [0.4, 0.5) is 0 Å². The molecule has 1 N–H and O–H groups in total. The maximum Gasteiger partial charge on any atom is 0.252 e. The summed E-state index contributed by atoms with van der Waals surface area (Å²) in [6.07, 6.45) is 2.66. The average Bonchev–Trinajstić information content (AvgIpc) is 2.45. The Balaban J connectivity index is 2.07. The summed E-state index contributed by atoms with van der Waals surface area (Å²) in [7, 11) is 0. The zero-order chi connectivity index (χ0) is 13.7. The number of amides is 1. The minimum absolute atomic E-state index is 0.0971. The van der Waals surface area contributed by atoms with Gasteiger partial charge in [0.25, 0.3) is 5.91 Å². The lowest BCUT2D eigenvalue weighted by molar-refractivity contribution is 0.0949. The van der Waals surface area contributed by atoms with Gasteiger partial charge in [-0.3, -0.25) is 9.78 Å². The average molecular weight is 319 g/mol. The van der Waals surface area contributed by atoms with Crippen LogP contribution in [0, 0.1) is 0 Å². The number of pyridine rings is 1. The zero-order valence-corrected chi connectivity index (χ0v) is 12.3. The topological polar surface area (TPSA) is 42.0 Å². The maximum absolute atomic E-state index is 12.1. The minimum atomic E-state index is -0.0971. The normalized spacial score (nSPS) is 10.2. The Morgan fingerprint density at radius 2 is 2.05 bits per heavy atom. The lowest BCUT2D eigenvalue weighted by atomic mass is 10.1. The van der Waals surface area contributed by atoms with Gasteiger partial charge in [-0.2, -0.15) is 0 Å². The van der Waals surface area contributed by atoms with Crippen molar-refractivity contribution in [2.75, 3.05) is 0 Å². The summed E-state index contributed by atoms with van der Waals surface area (Å²) < 4.78 is 0.796. The quantitative estimate of drug-likeness (QED) is 0.939. The predicted molar refractivity (Wildman–Crippen MR) is 78.9 cm³/mol. The molecule has 2 rings (SSSR count). The number of benzene rings is 1. The van der Waals surface area contributed by atoms with Crippen LogP contribution in [-0.2, 0) is 13.0 Å². The van der Waals surface area contributed by atoms with Crippen molar-refractivity contribution in [3.8, 4) is 0 Å². The van der Waals surface area contributed by atoms with Gasteiger partial charge in [0, 0.05) is 10.7 Å². The van der Waals surface area contributed by atoms with E-state index in [1.807, 2.05) is 30.3 Å². The van der Waals surface area contributed by atoms with Crippen LogP contribution in [0.25, 0.3) is 0 Å². The molecular weight excluding hydrogens is 304 g/mol. The molecule has 0 radical (unpaired) electrons. The van der Waals surface area contributed by atoms with Crippen molar-refractivity contribution >= 4 is 21.8 Å². The third-order valence-corrected chi connectivity index (χ3v) is 3.59. The van der Waals surface area contributed by atoms with Gasteiger partial charge in [0.1, 0.15) is 0 Å². The lowest BCUT2D eigenvalue weighted by Crippen LogP contribution is -2.24. The SMILES string of the molecule is CCc1cccnc1CNC(=O)c1ccccc1Br. The molecule has 0 saturated carbocycles. The first kappa shape index (κ1) is 13.7. The second-order valence-electron chi connectivity index (χ2n) is 4.13. The smallest absolute Gasteiger partial charge is 0.252 e. The van der Waals surface area contributed by atoms with Gasteiger partial charge >= 0.3 is 0 Å². The first-order valence-electron chi connectivity index (χ1n) is 6.18. The van der Waals surface area contributed by atoms with E-state index in [2.05, 4.69) is 33.2 Å². The van der Waals surface area contributed by atoms with Gasteiger partial charge in [-0.1, -0.05) is 25.1 Å². The second-order valence-corrected chi connectivity index (χ2v) is 4.98. The van der Waals surface area contributed by atoms with Gasteiger partial charge in [0.15, 0.2) is 0 Å². The molecule has 0 aliphatic heterocycles. The molecule has 0 saturated heterocycles. The number of aromatic nitrogens is 1. The van der Waals surface area contributed by atoms with Crippen LogP contribution in [0.2, 0.25) is 0 Å². The van der Waals surface area contributed by atoms with Crippen molar-refractivity contribution in [1.29, 1.82) is 0 Å². The third-order valence-electron chi connectivity index (χ3n) is 2.90. The number of carbonyl (C=O) groups excluding carboxylic acids is 1. The fourth-order valence-corrected chi connectivity index (χ4v) is 2.32. The molecule has 1 aromatic carbocycles. The molecule has 4 heteroatoms. The third kappa shape index (κ3) is 3.41. The molecule has 2 aromatic rings. The number of nitrogens with zero attached hydrogens (tertiary/aromatic N) is 1. The highest BCUT2D eigenvalue weighted by Crippen LogP contribution is 2.15. The number of hydrogen-bond donors (Lipinski definition) is 1. The molecule has 19 heavy (non-hydrogen) atoms. The fourth-order valence-electron chi connectivity index (χ4n) is 1.86. The summed E-state index contributed by atoms with van der Waals surface area (Å²) in [6, 6.07) is 11.3. The summed E-state index contributed by atoms with van der Waals surface area (Å²) in [4.78, 5) is 16.4. The monoisotopic (exact) mass is 318 g/mol. The van der Waals surface area contributed by atoms with Crippen LogP contribution in [0.3, 0.4) is 0 Å². The highest BCUT2D eigenvalue weighted by molar-refractivity contribution is 9.10. The van der Waals surface area contributed by atoms with Crippen molar-refractivity contribution in [1.82, 2.24) is 10.3 Å². The molecular formula is C15H15BrN2O. The van der Waals surface area contributed by atoms with E-state index in [-0.39, 0.29) is 5.91 Å². The summed E-state index contributed by atoms with van der Waals surface area (Å²) in [5, 5.41) is 2.90. The van der Waals surface area contributed by atoms with Gasteiger partial charge in [-0.05, 0) is 46.1 Å². The van der Waals surface area contributed by atoms with Crippen molar-refractivity contribution in [2.24, 2.45) is 0 Å². The van der Waals surface area contributed by atoms with E-state index in [1.165, 1.54) is 0 Å². The van der Waals surface area contributed by atoms with Gasteiger partial charge in [0.2, 0.25) is 0 Å². The van der Waals surface area contributed by atoms with E-state index < -0.39 is 0 Å². The standard InChI is InChI=1S/C15H15BrN2O/c1-2-11-6-5-9-17-14(11)10-18-15(19)12-7-3-4-8-13(12)16/h3-9H,2,10H2,1H3,(H,18,19). The van der Waals surface area contributed by atoms with Gasteiger partial charge in [-0.15, -0.1) is 0 Å². The molecule has 0 spiro atoms. The van der Waals surface area contributed by atoms with Crippen molar-refractivity contribution in [3.63, 3.8) is 0 Å². The Hall–Kier alpha value is -1.68. The number of halogens is 1. The molecule has 0 aliphatic rings. The molecule has 98 valence electrons. The van der Waals surface area contributed by atoms with E-state index in [0.717, 1.165) is 22.2 Å². The molecule has 0 fully saturated rings. The minimum Gasteiger partial charge on any atom is -0.346 e. The van der Waals surface area contributed by atoms with E-state index in [1.54, 1.807) is 12.3 Å². The van der Waals surface area contributed by atoms with Crippen molar-refractivity contribution in [3.05, 3.63) is 63.9 Å². The van der Waals surface area contributed by atoms with Crippen molar-refractivity contribution in [2.45, 2.75) is 19.9 Å². The lowest BCUT2D eigenvalue weighted by Gasteiger charge is -2.09. The first-order valence-corrected chi connectivity index (χ1v) is 6.97. The number of carbonyl (C=O) groups is 1. The summed E-state index contributed by atoms with van der Waals surface area (Å²) >= 11 is 3.37. The Morgan fingerprint density at radius 3 is 2.79 bits per heavy atom. The molecule has 1 amide bonds. The number of hydrogen-bond acceptors (Lipinski definition) is 2. The fraction of sp³-hybridized carbons (Fsp3) is 0.200. The van der Waals surface area contributed by atoms with E-state index in [9.17, 15) is 4.79 Å². The molecule has 3 nitrogen and oxygen atoms in total. The van der Waals surface area contributed by atoms with Crippen LogP contribution in [0.1, 0.15) is 28.5 Å². The van der Waals surface area contributed by atoms with E-state index in [0.29, 0.717) is 12.1 Å². The first-order chi connectivity index (χ1) is 9.22. The van der Waals surface area contributed by atoms with E-state index >= 15 is 0 Å². The number of rotatable bonds is 4. The highest BCUT2D eigenvalue weighted by atomic mass is 79.9. The highest BCUT2D eigenvalue weighted by Gasteiger charge is 2.09. The van der Waals surface area contributed by atoms with E-state index in [4.69, 9.17) is 0 Å². The van der Waals surface area contributed by atoms with Crippen LogP contribution < -0.4 is 5.32 Å². The number of nitrogens with one attached hydrogen (secondary N) is 1. The predicted octanol–water partition coefficient (Wildman–Crippen LogP) is 3.34. The summed E-state index contributed by atoms with van der Waals surface area (Å²) in [6.45, 7) is 2.53. The molecule has 1 heterocycles. The second kappa shape index (κ2) is 6.48. The molecule has 0 bridgehead atoms. The van der Waals surface area contributed by atoms with Crippen LogP contribution in [0.15, 0.2) is 47.1 Å². The van der Waals surface area contributed by atoms with Gasteiger partial charge < -0.3 is 5.32 Å². The van der Waals surface area contributed by atoms with Crippen LogP contribution in [0.5, 0.6) is 0 Å².